The summed E-state index contributed by atoms with van der Waals surface area (Å²) < 4.78 is 0. The lowest BCUT2D eigenvalue weighted by atomic mass is 9.88. The van der Waals surface area contributed by atoms with Crippen LogP contribution in [0.25, 0.3) is 11.0 Å². The van der Waals surface area contributed by atoms with Crippen LogP contribution in [0.2, 0.25) is 0 Å². The molecule has 0 unspecified atom stereocenters. The van der Waals surface area contributed by atoms with Crippen molar-refractivity contribution >= 4 is 23.0 Å². The summed E-state index contributed by atoms with van der Waals surface area (Å²) in [5.41, 5.74) is 12.5. The number of hydrogen-bond acceptors (Lipinski definition) is 4. The number of nitrogens with zero attached hydrogens (tertiary/aromatic N) is 2. The molecule has 2 heterocycles. The van der Waals surface area contributed by atoms with Crippen molar-refractivity contribution in [2.45, 2.75) is 18.4 Å². The molecule has 0 aliphatic carbocycles. The predicted octanol–water partition coefficient (Wildman–Crippen LogP) is 0.590. The number of likely N-dealkylation sites (tertiary alicyclic amines) is 1. The third-order valence-corrected chi connectivity index (χ3v) is 4.18. The number of nitrogens with one attached hydrogen (secondary N) is 1. The molecule has 1 fully saturated rings. The first-order valence-corrected chi connectivity index (χ1v) is 6.96. The maximum absolute atomic E-state index is 11.5. The van der Waals surface area contributed by atoms with Gasteiger partial charge in [-0.1, -0.05) is 6.07 Å². The fourth-order valence-electron chi connectivity index (χ4n) is 2.80. The smallest absolute Gasteiger partial charge is 0.407 e. The number of H-pyrrole nitrogens is 1. The quantitative estimate of drug-likeness (QED) is 0.643. The number of aromatic nitrogens is 2. The van der Waals surface area contributed by atoms with Crippen LogP contribution in [0.1, 0.15) is 29.0 Å². The number of carbonyl (C=O) groups is 2. The molecule has 0 atom stereocenters. The zero-order chi connectivity index (χ0) is 15.9. The van der Waals surface area contributed by atoms with Gasteiger partial charge in [-0.3, -0.25) is 4.79 Å². The molecule has 1 aliphatic rings. The Labute approximate surface area is 126 Å². The number of amides is 2. The number of fused-ring (bicyclic) bond motifs is 1. The molecule has 6 N–H and O–H groups in total. The average molecular weight is 303 g/mol. The molecule has 116 valence electrons. The summed E-state index contributed by atoms with van der Waals surface area (Å²) >= 11 is 0. The van der Waals surface area contributed by atoms with Crippen molar-refractivity contribution in [2.24, 2.45) is 11.5 Å². The number of carbonyl (C=O) groups excluding carboxylic acids is 1. The SMILES string of the molecule is NC(=O)c1cccc2[nH]c(C3(N)CCN(C(=O)O)CC3)nc12. The highest BCUT2D eigenvalue weighted by atomic mass is 16.4. The van der Waals surface area contributed by atoms with Crippen molar-refractivity contribution < 1.29 is 14.7 Å². The summed E-state index contributed by atoms with van der Waals surface area (Å²) in [6.45, 7) is 0.705. The van der Waals surface area contributed by atoms with Gasteiger partial charge in [0.25, 0.3) is 5.91 Å². The van der Waals surface area contributed by atoms with Crippen LogP contribution < -0.4 is 11.5 Å². The van der Waals surface area contributed by atoms with Gasteiger partial charge in [0.1, 0.15) is 11.3 Å². The van der Waals surface area contributed by atoms with E-state index in [-0.39, 0.29) is 0 Å². The molecule has 3 rings (SSSR count). The minimum Gasteiger partial charge on any atom is -0.465 e. The molecule has 2 aromatic rings. The third kappa shape index (κ3) is 2.27. The van der Waals surface area contributed by atoms with Gasteiger partial charge in [-0.05, 0) is 25.0 Å². The van der Waals surface area contributed by atoms with Gasteiger partial charge < -0.3 is 26.5 Å². The Hall–Kier alpha value is -2.61. The molecule has 1 aliphatic heterocycles. The van der Waals surface area contributed by atoms with Crippen LogP contribution in [-0.4, -0.2) is 45.1 Å². The molecule has 1 saturated heterocycles. The van der Waals surface area contributed by atoms with Crippen molar-refractivity contribution in [3.63, 3.8) is 0 Å². The molecule has 0 bridgehead atoms. The first-order valence-electron chi connectivity index (χ1n) is 6.96. The summed E-state index contributed by atoms with van der Waals surface area (Å²) in [5.74, 6) is 0.0108. The average Bonchev–Trinajstić information content (AvgIpc) is 2.92. The highest BCUT2D eigenvalue weighted by Gasteiger charge is 2.36. The van der Waals surface area contributed by atoms with E-state index >= 15 is 0 Å². The lowest BCUT2D eigenvalue weighted by molar-refractivity contribution is 0.100. The Kier molecular flexibility index (Phi) is 3.25. The van der Waals surface area contributed by atoms with Crippen molar-refractivity contribution in [3.05, 3.63) is 29.6 Å². The van der Waals surface area contributed by atoms with E-state index in [1.165, 1.54) is 4.90 Å². The number of nitrogens with two attached hydrogens (primary N) is 2. The van der Waals surface area contributed by atoms with Crippen molar-refractivity contribution in [1.29, 1.82) is 0 Å². The second-order valence-corrected chi connectivity index (χ2v) is 5.58. The fourth-order valence-corrected chi connectivity index (χ4v) is 2.80. The summed E-state index contributed by atoms with van der Waals surface area (Å²) in [4.78, 5) is 31.4. The van der Waals surface area contributed by atoms with Gasteiger partial charge in [0.05, 0.1) is 16.6 Å². The van der Waals surface area contributed by atoms with E-state index in [0.717, 1.165) is 0 Å². The number of carboxylic acid groups (broad SMARTS) is 1. The molecule has 1 aromatic heterocycles. The van der Waals surface area contributed by atoms with Gasteiger partial charge in [-0.25, -0.2) is 9.78 Å². The molecule has 1 aromatic carbocycles. The molecular weight excluding hydrogens is 286 g/mol. The highest BCUT2D eigenvalue weighted by Crippen LogP contribution is 2.30. The maximum Gasteiger partial charge on any atom is 0.407 e. The lowest BCUT2D eigenvalue weighted by Gasteiger charge is -2.36. The van der Waals surface area contributed by atoms with Crippen LogP contribution in [0.4, 0.5) is 4.79 Å². The minimum absolute atomic E-state index is 0.339. The Balaban J connectivity index is 1.95. The highest BCUT2D eigenvalue weighted by molar-refractivity contribution is 6.04. The number of imidazole rings is 1. The Morgan fingerprint density at radius 2 is 2.00 bits per heavy atom. The second kappa shape index (κ2) is 4.99. The van der Waals surface area contributed by atoms with Crippen LogP contribution in [0.15, 0.2) is 18.2 Å². The number of para-hydroxylation sites is 1. The standard InChI is InChI=1S/C14H17N5O3/c15-11(20)8-2-1-3-9-10(8)18-12(17-9)14(16)4-6-19(7-5-14)13(21)22/h1-3H,4-7,16H2,(H2,15,20)(H,17,18)(H,21,22). The minimum atomic E-state index is -0.942. The molecule has 8 nitrogen and oxygen atoms in total. The van der Waals surface area contributed by atoms with Gasteiger partial charge in [0.2, 0.25) is 0 Å². The van der Waals surface area contributed by atoms with E-state index in [4.69, 9.17) is 16.6 Å². The van der Waals surface area contributed by atoms with Crippen LogP contribution >= 0.6 is 0 Å². The van der Waals surface area contributed by atoms with Gasteiger partial charge in [-0.2, -0.15) is 0 Å². The number of hydrogen-bond donors (Lipinski definition) is 4. The van der Waals surface area contributed by atoms with E-state index in [2.05, 4.69) is 9.97 Å². The topological polar surface area (TPSA) is 138 Å². The molecule has 22 heavy (non-hydrogen) atoms. The van der Waals surface area contributed by atoms with Gasteiger partial charge in [-0.15, -0.1) is 0 Å². The van der Waals surface area contributed by atoms with E-state index in [9.17, 15) is 9.59 Å². The number of aromatic amines is 1. The van der Waals surface area contributed by atoms with E-state index in [0.29, 0.717) is 48.4 Å². The molecule has 2 amide bonds. The zero-order valence-electron chi connectivity index (χ0n) is 11.9. The van der Waals surface area contributed by atoms with Crippen LogP contribution in [0.3, 0.4) is 0 Å². The number of benzene rings is 1. The zero-order valence-corrected chi connectivity index (χ0v) is 11.9. The van der Waals surface area contributed by atoms with Crippen molar-refractivity contribution in [1.82, 2.24) is 14.9 Å². The maximum atomic E-state index is 11.5. The molecule has 8 heteroatoms. The molecule has 0 spiro atoms. The van der Waals surface area contributed by atoms with E-state index in [1.54, 1.807) is 18.2 Å². The van der Waals surface area contributed by atoms with E-state index < -0.39 is 17.5 Å². The first kappa shape index (κ1) is 14.3. The normalized spacial score (nSPS) is 17.6. The monoisotopic (exact) mass is 303 g/mol. The predicted molar refractivity (Wildman–Crippen MR) is 79.3 cm³/mol. The third-order valence-electron chi connectivity index (χ3n) is 4.18. The Bertz CT molecular complexity index is 746. The van der Waals surface area contributed by atoms with Crippen molar-refractivity contribution in [2.75, 3.05) is 13.1 Å². The number of primary amides is 1. The molecule has 0 radical (unpaired) electrons. The van der Waals surface area contributed by atoms with E-state index in [1.807, 2.05) is 0 Å². The summed E-state index contributed by atoms with van der Waals surface area (Å²) in [6.07, 6.45) is -0.0153. The number of rotatable bonds is 2. The Morgan fingerprint density at radius 1 is 1.32 bits per heavy atom. The fraction of sp³-hybridized carbons (Fsp3) is 0.357. The molecular formula is C14H17N5O3. The Morgan fingerprint density at radius 3 is 2.59 bits per heavy atom. The number of piperidine rings is 1. The van der Waals surface area contributed by atoms with Gasteiger partial charge >= 0.3 is 6.09 Å². The van der Waals surface area contributed by atoms with Gasteiger partial charge in [0, 0.05) is 13.1 Å². The summed E-state index contributed by atoms with van der Waals surface area (Å²) in [5, 5.41) is 9.00. The lowest BCUT2D eigenvalue weighted by Crippen LogP contribution is -2.50. The van der Waals surface area contributed by atoms with Crippen LogP contribution in [0.5, 0.6) is 0 Å². The summed E-state index contributed by atoms with van der Waals surface area (Å²) in [6, 6.07) is 5.14. The largest absolute Gasteiger partial charge is 0.465 e. The van der Waals surface area contributed by atoms with Gasteiger partial charge in [0.15, 0.2) is 0 Å². The first-order chi connectivity index (χ1) is 10.4. The van der Waals surface area contributed by atoms with Crippen LogP contribution in [0, 0.1) is 0 Å². The van der Waals surface area contributed by atoms with Crippen molar-refractivity contribution in [3.8, 4) is 0 Å². The summed E-state index contributed by atoms with van der Waals surface area (Å²) in [7, 11) is 0. The van der Waals surface area contributed by atoms with Crippen LogP contribution in [-0.2, 0) is 5.54 Å². The second-order valence-electron chi connectivity index (χ2n) is 5.58. The molecule has 0 saturated carbocycles.